The van der Waals surface area contributed by atoms with Gasteiger partial charge in [-0.25, -0.2) is 4.79 Å². The van der Waals surface area contributed by atoms with Gasteiger partial charge in [0.25, 0.3) is 0 Å². The van der Waals surface area contributed by atoms with E-state index in [2.05, 4.69) is 12.2 Å². The second-order valence-electron chi connectivity index (χ2n) is 11.9. The molecule has 232 valence electrons. The number of carboxylic acid groups (broad SMARTS) is 1. The molecule has 0 unspecified atom stereocenters. The topological polar surface area (TPSA) is 86.6 Å². The third-order valence-electron chi connectivity index (χ3n) is 8.06. The standard InChI is InChI=1S/C34H67NO4/c1-2-3-4-5-6-7-8-9-10-11-12-13-14-15-16-17-18-19-20-21-22-23-24-25-26-27-28-29-33(37)35-32(30-31-36)34(38)39/h32,36H,2-31H2,1H3,(H,35,37)(H,38,39)/t32-/m0/s1. The molecule has 0 heterocycles. The van der Waals surface area contributed by atoms with Crippen LogP contribution in [0.3, 0.4) is 0 Å². The van der Waals surface area contributed by atoms with Crippen LogP contribution in [0.25, 0.3) is 0 Å². The number of carboxylic acids is 1. The third kappa shape index (κ3) is 29.7. The van der Waals surface area contributed by atoms with Crippen LogP contribution in [0.2, 0.25) is 0 Å². The van der Waals surface area contributed by atoms with Crippen molar-refractivity contribution in [3.63, 3.8) is 0 Å². The van der Waals surface area contributed by atoms with Crippen LogP contribution in [0.5, 0.6) is 0 Å². The summed E-state index contributed by atoms with van der Waals surface area (Å²) >= 11 is 0. The summed E-state index contributed by atoms with van der Waals surface area (Å²) in [6.45, 7) is 2.05. The lowest BCUT2D eigenvalue weighted by molar-refractivity contribution is -0.142. The summed E-state index contributed by atoms with van der Waals surface area (Å²) in [6.07, 6.45) is 37.2. The summed E-state index contributed by atoms with van der Waals surface area (Å²) in [5, 5.41) is 20.4. The van der Waals surface area contributed by atoms with Crippen molar-refractivity contribution in [1.82, 2.24) is 5.32 Å². The number of aliphatic hydroxyl groups is 1. The van der Waals surface area contributed by atoms with Crippen LogP contribution >= 0.6 is 0 Å². The van der Waals surface area contributed by atoms with Crippen LogP contribution in [0.1, 0.15) is 193 Å². The number of unbranched alkanes of at least 4 members (excludes halogenated alkanes) is 26. The molecule has 0 radical (unpaired) electrons. The van der Waals surface area contributed by atoms with Gasteiger partial charge in [-0.3, -0.25) is 4.79 Å². The highest BCUT2D eigenvalue weighted by molar-refractivity contribution is 5.83. The van der Waals surface area contributed by atoms with Crippen molar-refractivity contribution < 1.29 is 19.8 Å². The predicted molar refractivity (Wildman–Crippen MR) is 166 cm³/mol. The molecule has 3 N–H and O–H groups in total. The summed E-state index contributed by atoms with van der Waals surface area (Å²) in [5.74, 6) is -1.31. The summed E-state index contributed by atoms with van der Waals surface area (Å²) < 4.78 is 0. The van der Waals surface area contributed by atoms with E-state index in [0.29, 0.717) is 6.42 Å². The van der Waals surface area contributed by atoms with Crippen LogP contribution in [-0.4, -0.2) is 34.7 Å². The van der Waals surface area contributed by atoms with Gasteiger partial charge in [-0.15, -0.1) is 0 Å². The molecule has 0 bridgehead atoms. The highest BCUT2D eigenvalue weighted by atomic mass is 16.4. The van der Waals surface area contributed by atoms with E-state index in [1.54, 1.807) is 0 Å². The lowest BCUT2D eigenvalue weighted by Gasteiger charge is -2.12. The molecule has 1 atom stereocenters. The molecule has 0 saturated heterocycles. The van der Waals surface area contributed by atoms with E-state index in [-0.39, 0.29) is 18.9 Å². The van der Waals surface area contributed by atoms with Crippen LogP contribution in [-0.2, 0) is 9.59 Å². The second-order valence-corrected chi connectivity index (χ2v) is 11.9. The Morgan fingerprint density at radius 1 is 0.513 bits per heavy atom. The van der Waals surface area contributed by atoms with Crippen molar-refractivity contribution >= 4 is 11.9 Å². The number of aliphatic carboxylic acids is 1. The third-order valence-corrected chi connectivity index (χ3v) is 8.06. The Balaban J connectivity index is 3.19. The first-order valence-corrected chi connectivity index (χ1v) is 17.2. The molecule has 0 aromatic carbocycles. The average molecular weight is 554 g/mol. The van der Waals surface area contributed by atoms with Crippen LogP contribution < -0.4 is 5.32 Å². The van der Waals surface area contributed by atoms with Gasteiger partial charge < -0.3 is 15.5 Å². The monoisotopic (exact) mass is 554 g/mol. The first kappa shape index (κ1) is 37.9. The molecule has 0 saturated carbocycles. The number of hydrogen-bond acceptors (Lipinski definition) is 3. The zero-order valence-corrected chi connectivity index (χ0v) is 26.0. The summed E-state index contributed by atoms with van der Waals surface area (Å²) in [7, 11) is 0. The molecule has 1 amide bonds. The number of carbonyl (C=O) groups excluding carboxylic acids is 1. The molecule has 0 aromatic heterocycles. The highest BCUT2D eigenvalue weighted by Crippen LogP contribution is 2.16. The molecule has 0 fully saturated rings. The SMILES string of the molecule is CCCCCCCCCCCCCCCCCCCCCCCCCCCCCC(=O)N[C@@H](CCO)C(=O)O. The number of aliphatic hydroxyl groups excluding tert-OH is 1. The van der Waals surface area contributed by atoms with Crippen molar-refractivity contribution in [2.75, 3.05) is 6.61 Å². The minimum absolute atomic E-state index is 0.0562. The van der Waals surface area contributed by atoms with Gasteiger partial charge in [-0.2, -0.15) is 0 Å². The van der Waals surface area contributed by atoms with Crippen molar-refractivity contribution in [1.29, 1.82) is 0 Å². The van der Waals surface area contributed by atoms with Crippen molar-refractivity contribution in [3.8, 4) is 0 Å². The highest BCUT2D eigenvalue weighted by Gasteiger charge is 2.18. The van der Waals surface area contributed by atoms with Gasteiger partial charge in [0.05, 0.1) is 0 Å². The Labute approximate surface area is 242 Å². The van der Waals surface area contributed by atoms with Crippen LogP contribution in [0.4, 0.5) is 0 Å². The summed E-state index contributed by atoms with van der Waals surface area (Å²) in [4.78, 5) is 22.8. The van der Waals surface area contributed by atoms with E-state index in [0.717, 1.165) is 19.3 Å². The van der Waals surface area contributed by atoms with Crippen molar-refractivity contribution in [3.05, 3.63) is 0 Å². The molecule has 0 aliphatic carbocycles. The lowest BCUT2D eigenvalue weighted by Crippen LogP contribution is -2.41. The number of hydrogen-bond donors (Lipinski definition) is 3. The van der Waals surface area contributed by atoms with E-state index in [4.69, 9.17) is 10.2 Å². The van der Waals surface area contributed by atoms with Gasteiger partial charge in [-0.05, 0) is 6.42 Å². The molecule has 5 nitrogen and oxygen atoms in total. The normalized spacial score (nSPS) is 12.1. The molecular weight excluding hydrogens is 486 g/mol. The van der Waals surface area contributed by atoms with Gasteiger partial charge in [0.1, 0.15) is 6.04 Å². The van der Waals surface area contributed by atoms with E-state index < -0.39 is 12.0 Å². The Morgan fingerprint density at radius 2 is 0.795 bits per heavy atom. The van der Waals surface area contributed by atoms with Gasteiger partial charge in [0.2, 0.25) is 5.91 Å². The fraction of sp³-hybridized carbons (Fsp3) is 0.941. The molecule has 0 rings (SSSR count). The molecule has 39 heavy (non-hydrogen) atoms. The van der Waals surface area contributed by atoms with E-state index in [1.807, 2.05) is 0 Å². The molecule has 0 aliphatic rings. The Morgan fingerprint density at radius 3 is 1.05 bits per heavy atom. The van der Waals surface area contributed by atoms with Crippen molar-refractivity contribution in [2.24, 2.45) is 0 Å². The summed E-state index contributed by atoms with van der Waals surface area (Å²) in [5.41, 5.74) is 0. The fourth-order valence-electron chi connectivity index (χ4n) is 5.43. The number of nitrogens with one attached hydrogen (secondary N) is 1. The second kappa shape index (κ2) is 31.4. The smallest absolute Gasteiger partial charge is 0.326 e. The molecule has 5 heteroatoms. The summed E-state index contributed by atoms with van der Waals surface area (Å²) in [6, 6.07) is -0.976. The van der Waals surface area contributed by atoms with Gasteiger partial charge in [0.15, 0.2) is 0 Å². The van der Waals surface area contributed by atoms with E-state index in [1.165, 1.54) is 154 Å². The number of rotatable bonds is 32. The van der Waals surface area contributed by atoms with Crippen molar-refractivity contribution in [2.45, 2.75) is 199 Å². The first-order valence-electron chi connectivity index (χ1n) is 17.2. The van der Waals surface area contributed by atoms with Crippen LogP contribution in [0.15, 0.2) is 0 Å². The molecule has 0 aliphatic heterocycles. The van der Waals surface area contributed by atoms with E-state index >= 15 is 0 Å². The van der Waals surface area contributed by atoms with Gasteiger partial charge in [0, 0.05) is 19.4 Å². The first-order chi connectivity index (χ1) is 19.1. The maximum atomic E-state index is 11.8. The lowest BCUT2D eigenvalue weighted by atomic mass is 10.0. The van der Waals surface area contributed by atoms with Gasteiger partial charge >= 0.3 is 5.97 Å². The Bertz CT molecular complexity index is 525. The fourth-order valence-corrected chi connectivity index (χ4v) is 5.43. The van der Waals surface area contributed by atoms with Gasteiger partial charge in [-0.1, -0.05) is 174 Å². The number of amides is 1. The van der Waals surface area contributed by atoms with Crippen LogP contribution in [0, 0.1) is 0 Å². The molecular formula is C34H67NO4. The number of carbonyl (C=O) groups is 2. The quantitative estimate of drug-likeness (QED) is 0.0723. The largest absolute Gasteiger partial charge is 0.480 e. The maximum absolute atomic E-state index is 11.8. The molecule has 0 spiro atoms. The minimum Gasteiger partial charge on any atom is -0.480 e. The predicted octanol–water partition coefficient (Wildman–Crippen LogP) is 9.88. The molecule has 0 aromatic rings. The average Bonchev–Trinajstić information content (AvgIpc) is 2.92. The zero-order chi connectivity index (χ0) is 28.7. The van der Waals surface area contributed by atoms with E-state index in [9.17, 15) is 9.59 Å². The maximum Gasteiger partial charge on any atom is 0.326 e. The zero-order valence-electron chi connectivity index (χ0n) is 26.0. The Kier molecular flexibility index (Phi) is 30.5. The Hall–Kier alpha value is -1.10. The minimum atomic E-state index is -1.09.